The lowest BCUT2D eigenvalue weighted by molar-refractivity contribution is -0.142. The number of benzene rings is 1. The van der Waals surface area contributed by atoms with Gasteiger partial charge < -0.3 is 9.80 Å². The number of carbonyl (C=O) groups is 1. The van der Waals surface area contributed by atoms with Crippen LogP contribution in [0.5, 0.6) is 0 Å². The van der Waals surface area contributed by atoms with Crippen LogP contribution in [0.15, 0.2) is 24.3 Å². The van der Waals surface area contributed by atoms with Crippen LogP contribution in [0.25, 0.3) is 0 Å². The first-order valence-corrected chi connectivity index (χ1v) is 13.2. The van der Waals surface area contributed by atoms with Crippen LogP contribution in [-0.2, 0) is 28.0 Å². The number of fused-ring (bicyclic) bond motifs is 2. The molecule has 3 aliphatic rings. The molecule has 1 aromatic rings. The molecule has 1 saturated heterocycles. The van der Waals surface area contributed by atoms with Crippen LogP contribution in [0.1, 0.15) is 63.5 Å². The summed E-state index contributed by atoms with van der Waals surface area (Å²) in [5.41, 5.74) is 4.74. The number of rotatable bonds is 7. The van der Waals surface area contributed by atoms with Crippen LogP contribution in [0.3, 0.4) is 0 Å². The van der Waals surface area contributed by atoms with E-state index in [0.29, 0.717) is 25.7 Å². The highest BCUT2D eigenvalue weighted by Crippen LogP contribution is 2.44. The van der Waals surface area contributed by atoms with E-state index in [1.54, 1.807) is 0 Å². The van der Waals surface area contributed by atoms with Crippen molar-refractivity contribution < 1.29 is 13.6 Å². The van der Waals surface area contributed by atoms with Gasteiger partial charge >= 0.3 is 0 Å². The Morgan fingerprint density at radius 1 is 1.16 bits per heavy atom. The van der Waals surface area contributed by atoms with E-state index in [1.807, 2.05) is 4.90 Å². The smallest absolute Gasteiger partial charge is 0.245 e. The van der Waals surface area contributed by atoms with E-state index >= 15 is 0 Å². The molecule has 8 heteroatoms. The highest BCUT2D eigenvalue weighted by atomic mass is 32.2. The quantitative estimate of drug-likeness (QED) is 0.330. The van der Waals surface area contributed by atoms with Crippen molar-refractivity contribution >= 4 is 17.2 Å². The third-order valence-electron chi connectivity index (χ3n) is 8.11. The molecule has 3 N–H and O–H groups in total. The van der Waals surface area contributed by atoms with Gasteiger partial charge in [0.2, 0.25) is 17.2 Å². The highest BCUT2D eigenvalue weighted by Gasteiger charge is 2.49. The van der Waals surface area contributed by atoms with E-state index in [4.69, 9.17) is 4.55 Å². The van der Waals surface area contributed by atoms with Gasteiger partial charge in [-0.3, -0.25) is 9.35 Å². The van der Waals surface area contributed by atoms with Gasteiger partial charge in [-0.05, 0) is 74.6 Å². The zero-order chi connectivity index (χ0) is 22.7. The van der Waals surface area contributed by atoms with E-state index < -0.39 is 16.7 Å². The molecule has 1 atom stereocenters. The van der Waals surface area contributed by atoms with Gasteiger partial charge in [-0.1, -0.05) is 38.1 Å². The van der Waals surface area contributed by atoms with Crippen molar-refractivity contribution in [2.75, 3.05) is 26.2 Å². The number of nitrogens with zero attached hydrogens (tertiary/aromatic N) is 2. The minimum Gasteiger partial charge on any atom is -0.336 e. The Kier molecular flexibility index (Phi) is 7.67. The second kappa shape index (κ2) is 10.3. The van der Waals surface area contributed by atoms with E-state index in [0.717, 1.165) is 37.8 Å². The first-order chi connectivity index (χ1) is 15.4. The third-order valence-corrected chi connectivity index (χ3v) is 8.43. The molecule has 2 aliphatic heterocycles. The normalized spacial score (nSPS) is 27.0. The van der Waals surface area contributed by atoms with Crippen LogP contribution >= 0.6 is 0 Å². The Hall–Kier alpha value is -1.32. The van der Waals surface area contributed by atoms with Crippen molar-refractivity contribution in [3.05, 3.63) is 35.4 Å². The average molecular weight is 463 g/mol. The van der Waals surface area contributed by atoms with Crippen molar-refractivity contribution in [3.8, 4) is 0 Å². The first-order valence-electron chi connectivity index (χ1n) is 12.1. The number of nitrogens with one attached hydrogen (secondary N) is 2. The Morgan fingerprint density at radius 3 is 2.50 bits per heavy atom. The van der Waals surface area contributed by atoms with E-state index in [9.17, 15) is 9.00 Å². The molecule has 0 bridgehead atoms. The summed E-state index contributed by atoms with van der Waals surface area (Å²) in [5, 5.41) is 0. The number of piperidine rings is 1. The third kappa shape index (κ3) is 4.94. The molecule has 1 aromatic carbocycles. The van der Waals surface area contributed by atoms with E-state index in [2.05, 4.69) is 53.3 Å². The van der Waals surface area contributed by atoms with Crippen molar-refractivity contribution in [1.29, 1.82) is 0 Å². The fourth-order valence-corrected chi connectivity index (χ4v) is 6.42. The van der Waals surface area contributed by atoms with Gasteiger partial charge in [0.05, 0.1) is 5.41 Å². The fraction of sp³-hybridized carbons (Fsp3) is 0.708. The monoisotopic (exact) mass is 462 g/mol. The number of hydrogen-bond acceptors (Lipinski definition) is 4. The summed E-state index contributed by atoms with van der Waals surface area (Å²) in [6, 6.07) is 9.08. The highest BCUT2D eigenvalue weighted by molar-refractivity contribution is 7.77. The summed E-state index contributed by atoms with van der Waals surface area (Å²) in [5.74, 6) is 1.87. The second-order valence-electron chi connectivity index (χ2n) is 10.1. The fourth-order valence-electron chi connectivity index (χ4n) is 6.19. The molecule has 0 radical (unpaired) electrons. The molecule has 1 unspecified atom stereocenters. The van der Waals surface area contributed by atoms with Gasteiger partial charge in [0, 0.05) is 25.7 Å². The Labute approximate surface area is 194 Å². The van der Waals surface area contributed by atoms with Crippen molar-refractivity contribution in [2.24, 2.45) is 11.8 Å². The van der Waals surface area contributed by atoms with E-state index in [1.165, 1.54) is 36.8 Å². The summed E-state index contributed by atoms with van der Waals surface area (Å²) in [6.07, 6.45) is 6.98. The maximum absolute atomic E-state index is 13.7. The van der Waals surface area contributed by atoms with Gasteiger partial charge in [0.25, 0.3) is 0 Å². The largest absolute Gasteiger partial charge is 0.336 e. The number of hydrogen-bond donors (Lipinski definition) is 3. The predicted molar refractivity (Wildman–Crippen MR) is 127 cm³/mol. The lowest BCUT2D eigenvalue weighted by atomic mass is 9.67. The second-order valence-corrected chi connectivity index (χ2v) is 10.8. The predicted octanol–water partition coefficient (Wildman–Crippen LogP) is 2.81. The molecule has 2 heterocycles. The Bertz CT molecular complexity index is 817. The van der Waals surface area contributed by atoms with Gasteiger partial charge in [0.1, 0.15) is 0 Å². The molecule has 1 aliphatic carbocycles. The SMILES string of the molecule is CC(C)C1CCC(N2CCC3(CC2)C(=O)N(CCNNS(=O)O)Cc2ccccc23)CC1. The lowest BCUT2D eigenvalue weighted by Gasteiger charge is -2.49. The maximum atomic E-state index is 13.7. The molecule has 1 saturated carbocycles. The van der Waals surface area contributed by atoms with Crippen LogP contribution in [0, 0.1) is 11.8 Å². The summed E-state index contributed by atoms with van der Waals surface area (Å²) in [4.78, 5) is 20.6. The number of hydrazine groups is 1. The van der Waals surface area contributed by atoms with Gasteiger partial charge in [0.15, 0.2) is 0 Å². The van der Waals surface area contributed by atoms with Crippen LogP contribution in [0.2, 0.25) is 0 Å². The summed E-state index contributed by atoms with van der Waals surface area (Å²) in [6.45, 7) is 8.18. The molecule has 32 heavy (non-hydrogen) atoms. The number of carbonyl (C=O) groups excluding carboxylic acids is 1. The van der Waals surface area contributed by atoms with Gasteiger partial charge in [-0.25, -0.2) is 9.63 Å². The Balaban J connectivity index is 1.43. The van der Waals surface area contributed by atoms with Crippen molar-refractivity contribution in [3.63, 3.8) is 0 Å². The number of amides is 1. The molecular formula is C24H38N4O3S. The minimum absolute atomic E-state index is 0.214. The molecule has 1 spiro atoms. The topological polar surface area (TPSA) is 84.9 Å². The molecule has 0 aromatic heterocycles. The molecule has 178 valence electrons. The zero-order valence-electron chi connectivity index (χ0n) is 19.4. The van der Waals surface area contributed by atoms with Gasteiger partial charge in [-0.15, -0.1) is 0 Å². The zero-order valence-corrected chi connectivity index (χ0v) is 20.2. The van der Waals surface area contributed by atoms with Crippen LogP contribution < -0.4 is 10.3 Å². The van der Waals surface area contributed by atoms with Crippen molar-refractivity contribution in [2.45, 2.75) is 70.4 Å². The molecule has 7 nitrogen and oxygen atoms in total. The molecule has 4 rings (SSSR count). The van der Waals surface area contributed by atoms with Crippen LogP contribution in [-0.4, -0.2) is 56.7 Å². The summed E-state index contributed by atoms with van der Waals surface area (Å²) >= 11 is -2.11. The van der Waals surface area contributed by atoms with Gasteiger partial charge in [-0.2, -0.15) is 4.83 Å². The molecule has 2 fully saturated rings. The van der Waals surface area contributed by atoms with Crippen molar-refractivity contribution in [1.82, 2.24) is 20.1 Å². The summed E-state index contributed by atoms with van der Waals surface area (Å²) < 4.78 is 19.6. The summed E-state index contributed by atoms with van der Waals surface area (Å²) in [7, 11) is 0. The Morgan fingerprint density at radius 2 is 1.84 bits per heavy atom. The van der Waals surface area contributed by atoms with Crippen LogP contribution in [0.4, 0.5) is 0 Å². The first kappa shape index (κ1) is 23.8. The molecule has 1 amide bonds. The van der Waals surface area contributed by atoms with E-state index in [-0.39, 0.29) is 5.91 Å². The maximum Gasteiger partial charge on any atom is 0.245 e. The minimum atomic E-state index is -2.11. The standard InChI is InChI=1S/C24H38N4O3S/c1-18(2)19-7-9-21(10-8-19)27-14-11-24(12-15-27)22-6-4-3-5-20(22)17-28(23(24)29)16-13-25-26-32(30)31/h3-6,18-19,21,25-26H,7-17H2,1-2H3,(H,30,31). The average Bonchev–Trinajstić information content (AvgIpc) is 2.80. The molecular weight excluding hydrogens is 424 g/mol. The lowest BCUT2D eigenvalue weighted by Crippen LogP contribution is -2.58. The number of likely N-dealkylation sites (tertiary alicyclic amines) is 1.